The van der Waals surface area contributed by atoms with Crippen LogP contribution in [0.4, 0.5) is 0 Å². The van der Waals surface area contributed by atoms with Crippen molar-refractivity contribution in [1.29, 1.82) is 0 Å². The fourth-order valence-corrected chi connectivity index (χ4v) is 1.75. The lowest BCUT2D eigenvalue weighted by molar-refractivity contribution is -0.140. The number of benzene rings is 1. The Morgan fingerprint density at radius 1 is 1.29 bits per heavy atom. The van der Waals surface area contributed by atoms with E-state index in [4.69, 9.17) is 15.9 Å². The van der Waals surface area contributed by atoms with Gasteiger partial charge in [-0.1, -0.05) is 30.3 Å². The lowest BCUT2D eigenvalue weighted by atomic mass is 10.1. The number of carbonyl (C=O) groups is 3. The summed E-state index contributed by atoms with van der Waals surface area (Å²) in [7, 11) is 0. The van der Waals surface area contributed by atoms with Gasteiger partial charge < -0.3 is 21.3 Å². The topological polar surface area (TPSA) is 130 Å². The number of carboxylic acid groups (broad SMARTS) is 2. The summed E-state index contributed by atoms with van der Waals surface area (Å²) in [4.78, 5) is 30.9. The monoisotopic (exact) mass is 294 g/mol. The summed E-state index contributed by atoms with van der Waals surface area (Å²) in [5, 5.41) is 19.1. The van der Waals surface area contributed by atoms with Gasteiger partial charge in [-0.3, -0.25) is 9.59 Å². The second kappa shape index (κ2) is 8.01. The lowest BCUT2D eigenvalue weighted by Crippen LogP contribution is -2.32. The highest BCUT2D eigenvalue weighted by molar-refractivity contribution is 5.87. The summed E-state index contributed by atoms with van der Waals surface area (Å²) < 4.78 is 0. The van der Waals surface area contributed by atoms with Gasteiger partial charge in [0.2, 0.25) is 5.91 Å². The first-order chi connectivity index (χ1) is 9.90. The summed E-state index contributed by atoms with van der Waals surface area (Å²) in [6.07, 6.45) is 1.15. The van der Waals surface area contributed by atoms with Crippen molar-refractivity contribution in [2.24, 2.45) is 5.73 Å². The van der Waals surface area contributed by atoms with E-state index >= 15 is 0 Å². The average Bonchev–Trinajstić information content (AvgIpc) is 2.87. The number of nitrogens with one attached hydrogen (secondary N) is 1. The Balaban J connectivity index is 0.000000219. The summed E-state index contributed by atoms with van der Waals surface area (Å²) in [5.74, 6) is -2.07. The van der Waals surface area contributed by atoms with Crippen LogP contribution in [-0.4, -0.2) is 40.1 Å². The van der Waals surface area contributed by atoms with E-state index in [1.54, 1.807) is 0 Å². The Morgan fingerprint density at radius 2 is 1.90 bits per heavy atom. The van der Waals surface area contributed by atoms with Gasteiger partial charge in [0.1, 0.15) is 12.1 Å². The zero-order valence-corrected chi connectivity index (χ0v) is 11.4. The summed E-state index contributed by atoms with van der Waals surface area (Å²) >= 11 is 0. The Labute approximate surface area is 121 Å². The first-order valence-corrected chi connectivity index (χ1v) is 6.44. The van der Waals surface area contributed by atoms with E-state index in [-0.39, 0.29) is 5.91 Å². The van der Waals surface area contributed by atoms with Crippen LogP contribution < -0.4 is 11.1 Å². The SMILES string of the molecule is N[C@@H](Cc1ccccc1)C(=O)O.O=C1CC[C@@H](C(=O)O)N1. The Bertz CT molecular complexity index is 503. The van der Waals surface area contributed by atoms with Crippen LogP contribution in [0.15, 0.2) is 30.3 Å². The second-order valence-electron chi connectivity index (χ2n) is 4.63. The van der Waals surface area contributed by atoms with Crippen molar-refractivity contribution in [1.82, 2.24) is 5.32 Å². The van der Waals surface area contributed by atoms with Gasteiger partial charge in [-0.15, -0.1) is 0 Å². The quantitative estimate of drug-likeness (QED) is 0.618. The molecule has 2 rings (SSSR count). The molecule has 0 bridgehead atoms. The van der Waals surface area contributed by atoms with Crippen LogP contribution in [0.25, 0.3) is 0 Å². The molecule has 0 saturated carbocycles. The molecule has 5 N–H and O–H groups in total. The molecule has 1 saturated heterocycles. The zero-order chi connectivity index (χ0) is 15.8. The fraction of sp³-hybridized carbons (Fsp3) is 0.357. The maximum absolute atomic E-state index is 10.4. The van der Waals surface area contributed by atoms with Gasteiger partial charge in [0, 0.05) is 6.42 Å². The maximum atomic E-state index is 10.4. The van der Waals surface area contributed by atoms with E-state index in [0.717, 1.165) is 5.56 Å². The van der Waals surface area contributed by atoms with Crippen molar-refractivity contribution in [3.63, 3.8) is 0 Å². The third kappa shape index (κ3) is 6.05. The Hall–Kier alpha value is -2.41. The van der Waals surface area contributed by atoms with E-state index in [1.807, 2.05) is 30.3 Å². The van der Waals surface area contributed by atoms with Crippen LogP contribution in [0.2, 0.25) is 0 Å². The minimum atomic E-state index is -0.959. The van der Waals surface area contributed by atoms with Gasteiger partial charge in [0.15, 0.2) is 0 Å². The minimum absolute atomic E-state index is 0.164. The molecule has 0 aliphatic carbocycles. The van der Waals surface area contributed by atoms with Crippen molar-refractivity contribution >= 4 is 17.8 Å². The number of aliphatic carboxylic acids is 2. The minimum Gasteiger partial charge on any atom is -0.480 e. The summed E-state index contributed by atoms with van der Waals surface area (Å²) in [6, 6.07) is 7.90. The van der Waals surface area contributed by atoms with Gasteiger partial charge in [-0.25, -0.2) is 4.79 Å². The standard InChI is InChI=1S/C9H11NO2.C5H7NO3/c10-8(9(11)12)6-7-4-2-1-3-5-7;7-4-2-1-3(6-4)5(8)9/h1-5,8H,6,10H2,(H,11,12);3H,1-2H2,(H,6,7)(H,8,9)/t8-;3-/m00/s1. The predicted octanol–water partition coefficient (Wildman–Crippen LogP) is -0.00940. The molecule has 1 fully saturated rings. The number of hydrogen-bond acceptors (Lipinski definition) is 4. The van der Waals surface area contributed by atoms with E-state index in [0.29, 0.717) is 19.3 Å². The molecule has 1 amide bonds. The molecular weight excluding hydrogens is 276 g/mol. The van der Waals surface area contributed by atoms with E-state index in [2.05, 4.69) is 5.32 Å². The molecule has 1 heterocycles. The van der Waals surface area contributed by atoms with Crippen LogP contribution in [0.3, 0.4) is 0 Å². The highest BCUT2D eigenvalue weighted by atomic mass is 16.4. The molecular formula is C14H18N2O5. The van der Waals surface area contributed by atoms with Crippen molar-refractivity contribution in [2.75, 3.05) is 0 Å². The van der Waals surface area contributed by atoms with Crippen LogP contribution in [0, 0.1) is 0 Å². The molecule has 1 aliphatic rings. The highest BCUT2D eigenvalue weighted by Gasteiger charge is 2.26. The van der Waals surface area contributed by atoms with Crippen molar-refractivity contribution < 1.29 is 24.6 Å². The van der Waals surface area contributed by atoms with E-state index in [1.165, 1.54) is 0 Å². The van der Waals surface area contributed by atoms with E-state index < -0.39 is 24.0 Å². The van der Waals surface area contributed by atoms with Crippen LogP contribution in [0.1, 0.15) is 18.4 Å². The van der Waals surface area contributed by atoms with Crippen molar-refractivity contribution in [2.45, 2.75) is 31.3 Å². The first kappa shape index (κ1) is 16.6. The zero-order valence-electron chi connectivity index (χ0n) is 11.4. The fourth-order valence-electron chi connectivity index (χ4n) is 1.75. The molecule has 1 aromatic rings. The molecule has 0 aromatic heterocycles. The van der Waals surface area contributed by atoms with Gasteiger partial charge >= 0.3 is 11.9 Å². The van der Waals surface area contributed by atoms with Crippen LogP contribution in [0.5, 0.6) is 0 Å². The van der Waals surface area contributed by atoms with E-state index in [9.17, 15) is 14.4 Å². The van der Waals surface area contributed by atoms with Gasteiger partial charge in [0.05, 0.1) is 0 Å². The summed E-state index contributed by atoms with van der Waals surface area (Å²) in [5.41, 5.74) is 6.30. The normalized spacial score (nSPS) is 18.1. The molecule has 7 nitrogen and oxygen atoms in total. The van der Waals surface area contributed by atoms with Gasteiger partial charge in [-0.2, -0.15) is 0 Å². The van der Waals surface area contributed by atoms with Crippen LogP contribution >= 0.6 is 0 Å². The third-order valence-electron chi connectivity index (χ3n) is 2.91. The number of nitrogens with two attached hydrogens (primary N) is 1. The predicted molar refractivity (Wildman–Crippen MR) is 74.6 cm³/mol. The van der Waals surface area contributed by atoms with Crippen LogP contribution in [-0.2, 0) is 20.8 Å². The molecule has 21 heavy (non-hydrogen) atoms. The second-order valence-corrected chi connectivity index (χ2v) is 4.63. The van der Waals surface area contributed by atoms with Gasteiger partial charge in [-0.05, 0) is 18.4 Å². The number of carboxylic acids is 2. The molecule has 0 radical (unpaired) electrons. The molecule has 0 unspecified atom stereocenters. The number of rotatable bonds is 4. The summed E-state index contributed by atoms with van der Waals surface area (Å²) in [6.45, 7) is 0. The largest absolute Gasteiger partial charge is 0.480 e. The third-order valence-corrected chi connectivity index (χ3v) is 2.91. The Morgan fingerprint density at radius 3 is 2.29 bits per heavy atom. The molecule has 1 aromatic carbocycles. The van der Waals surface area contributed by atoms with Gasteiger partial charge in [0.25, 0.3) is 0 Å². The maximum Gasteiger partial charge on any atom is 0.326 e. The smallest absolute Gasteiger partial charge is 0.326 e. The number of carbonyl (C=O) groups excluding carboxylic acids is 1. The first-order valence-electron chi connectivity index (χ1n) is 6.44. The highest BCUT2D eigenvalue weighted by Crippen LogP contribution is 2.05. The van der Waals surface area contributed by atoms with Crippen molar-refractivity contribution in [3.8, 4) is 0 Å². The van der Waals surface area contributed by atoms with Crippen molar-refractivity contribution in [3.05, 3.63) is 35.9 Å². The molecule has 114 valence electrons. The average molecular weight is 294 g/mol. The number of amides is 1. The molecule has 7 heteroatoms. The molecule has 0 spiro atoms. The Kier molecular flexibility index (Phi) is 6.35. The number of hydrogen-bond donors (Lipinski definition) is 4. The lowest BCUT2D eigenvalue weighted by Gasteiger charge is -2.04. The molecule has 1 aliphatic heterocycles. The molecule has 2 atom stereocenters.